The van der Waals surface area contributed by atoms with Crippen molar-refractivity contribution in [3.8, 4) is 0 Å². The van der Waals surface area contributed by atoms with E-state index in [-0.39, 0.29) is 18.5 Å². The first-order chi connectivity index (χ1) is 10.6. The van der Waals surface area contributed by atoms with Crippen molar-refractivity contribution in [2.24, 2.45) is 0 Å². The first-order valence-corrected chi connectivity index (χ1v) is 7.35. The Bertz CT molecular complexity index is 527. The number of aliphatic hydroxyl groups excluding tert-OH is 1. The third-order valence-electron chi connectivity index (χ3n) is 3.51. The Hall–Kier alpha value is -2.12. The van der Waals surface area contributed by atoms with Gasteiger partial charge < -0.3 is 20.6 Å². The van der Waals surface area contributed by atoms with Crippen LogP contribution < -0.4 is 10.6 Å². The number of amides is 3. The highest BCUT2D eigenvalue weighted by molar-refractivity contribution is 5.92. The van der Waals surface area contributed by atoms with E-state index in [1.54, 1.807) is 29.2 Å². The normalized spacial score (nSPS) is 15.5. The molecule has 3 N–H and O–H groups in total. The second-order valence-corrected chi connectivity index (χ2v) is 5.24. The number of nitrogens with zero attached hydrogens (tertiary/aromatic N) is 2. The highest BCUT2D eigenvalue weighted by Crippen LogP contribution is 2.16. The zero-order valence-electron chi connectivity index (χ0n) is 12.7. The van der Waals surface area contributed by atoms with E-state index in [9.17, 15) is 9.59 Å². The van der Waals surface area contributed by atoms with Crippen molar-refractivity contribution in [1.29, 1.82) is 0 Å². The SMILES string of the molecule is CC(=O)Nc1cccc(NC(=O)N2CCN(CCO)CC2)c1. The molecule has 1 heterocycles. The van der Waals surface area contributed by atoms with Crippen LogP contribution in [-0.2, 0) is 4.79 Å². The van der Waals surface area contributed by atoms with Crippen molar-refractivity contribution in [3.05, 3.63) is 24.3 Å². The Balaban J connectivity index is 1.88. The summed E-state index contributed by atoms with van der Waals surface area (Å²) < 4.78 is 0. The number of rotatable bonds is 4. The number of hydrogen-bond donors (Lipinski definition) is 3. The maximum Gasteiger partial charge on any atom is 0.321 e. The molecular weight excluding hydrogens is 284 g/mol. The fourth-order valence-electron chi connectivity index (χ4n) is 2.40. The van der Waals surface area contributed by atoms with Gasteiger partial charge in [0, 0.05) is 51.0 Å². The number of urea groups is 1. The van der Waals surface area contributed by atoms with Crippen LogP contribution in [0.3, 0.4) is 0 Å². The molecule has 1 aromatic carbocycles. The Morgan fingerprint density at radius 3 is 2.36 bits per heavy atom. The summed E-state index contributed by atoms with van der Waals surface area (Å²) in [6, 6.07) is 6.90. The maximum atomic E-state index is 12.2. The van der Waals surface area contributed by atoms with E-state index in [1.807, 2.05) is 0 Å². The molecule has 0 spiro atoms. The molecule has 22 heavy (non-hydrogen) atoms. The quantitative estimate of drug-likeness (QED) is 0.768. The van der Waals surface area contributed by atoms with Gasteiger partial charge in [-0.25, -0.2) is 4.79 Å². The minimum Gasteiger partial charge on any atom is -0.395 e. The summed E-state index contributed by atoms with van der Waals surface area (Å²) in [5.74, 6) is -0.150. The summed E-state index contributed by atoms with van der Waals surface area (Å²) in [6.07, 6.45) is 0. The van der Waals surface area contributed by atoms with E-state index in [0.29, 0.717) is 31.0 Å². The molecule has 0 bridgehead atoms. The molecule has 0 unspecified atom stereocenters. The maximum absolute atomic E-state index is 12.2. The minimum atomic E-state index is -0.150. The molecule has 7 nitrogen and oxygen atoms in total. The number of hydrogen-bond acceptors (Lipinski definition) is 4. The number of aliphatic hydroxyl groups is 1. The van der Waals surface area contributed by atoms with Gasteiger partial charge in [-0.2, -0.15) is 0 Å². The summed E-state index contributed by atoms with van der Waals surface area (Å²) >= 11 is 0. The Labute approximate surface area is 129 Å². The van der Waals surface area contributed by atoms with Gasteiger partial charge in [0.15, 0.2) is 0 Å². The Kier molecular flexibility index (Phi) is 5.74. The van der Waals surface area contributed by atoms with Gasteiger partial charge in [-0.15, -0.1) is 0 Å². The smallest absolute Gasteiger partial charge is 0.321 e. The highest BCUT2D eigenvalue weighted by atomic mass is 16.3. The van der Waals surface area contributed by atoms with Gasteiger partial charge in [0.05, 0.1) is 6.61 Å². The predicted octanol–water partition coefficient (Wildman–Crippen LogP) is 0.787. The van der Waals surface area contributed by atoms with Crippen molar-refractivity contribution < 1.29 is 14.7 Å². The standard InChI is InChI=1S/C15H22N4O3/c1-12(21)16-13-3-2-4-14(11-13)17-15(22)19-7-5-18(6-8-19)9-10-20/h2-4,11,20H,5-10H2,1H3,(H,16,21)(H,17,22). The average Bonchev–Trinajstić information content (AvgIpc) is 2.48. The number of nitrogens with one attached hydrogen (secondary N) is 2. The third-order valence-corrected chi connectivity index (χ3v) is 3.51. The lowest BCUT2D eigenvalue weighted by Crippen LogP contribution is -2.50. The molecular formula is C15H22N4O3. The molecule has 1 aliphatic heterocycles. The molecule has 3 amide bonds. The molecule has 0 saturated carbocycles. The van der Waals surface area contributed by atoms with Crippen LogP contribution in [0.1, 0.15) is 6.92 Å². The molecule has 1 aliphatic rings. The van der Waals surface area contributed by atoms with Crippen LogP contribution >= 0.6 is 0 Å². The zero-order valence-corrected chi connectivity index (χ0v) is 12.7. The lowest BCUT2D eigenvalue weighted by atomic mass is 10.2. The first-order valence-electron chi connectivity index (χ1n) is 7.35. The highest BCUT2D eigenvalue weighted by Gasteiger charge is 2.20. The molecule has 120 valence electrons. The van der Waals surface area contributed by atoms with Crippen molar-refractivity contribution in [1.82, 2.24) is 9.80 Å². The summed E-state index contributed by atoms with van der Waals surface area (Å²) in [5.41, 5.74) is 1.30. The fourth-order valence-corrected chi connectivity index (χ4v) is 2.40. The molecule has 0 radical (unpaired) electrons. The molecule has 1 fully saturated rings. The molecule has 0 aromatic heterocycles. The summed E-state index contributed by atoms with van der Waals surface area (Å²) in [7, 11) is 0. The van der Waals surface area contributed by atoms with Crippen molar-refractivity contribution in [2.75, 3.05) is 50.0 Å². The van der Waals surface area contributed by atoms with E-state index in [1.165, 1.54) is 6.92 Å². The van der Waals surface area contributed by atoms with Crippen LogP contribution in [0, 0.1) is 0 Å². The topological polar surface area (TPSA) is 84.9 Å². The summed E-state index contributed by atoms with van der Waals surface area (Å²) in [6.45, 7) is 5.03. The van der Waals surface area contributed by atoms with Crippen LogP contribution in [0.25, 0.3) is 0 Å². The van der Waals surface area contributed by atoms with Crippen molar-refractivity contribution in [2.45, 2.75) is 6.92 Å². The number of benzene rings is 1. The summed E-state index contributed by atoms with van der Waals surface area (Å²) in [4.78, 5) is 27.1. The van der Waals surface area contributed by atoms with Gasteiger partial charge in [-0.3, -0.25) is 9.69 Å². The van der Waals surface area contributed by atoms with Crippen LogP contribution in [0.4, 0.5) is 16.2 Å². The Morgan fingerprint density at radius 1 is 1.14 bits per heavy atom. The number of anilines is 2. The van der Waals surface area contributed by atoms with Crippen molar-refractivity contribution >= 4 is 23.3 Å². The van der Waals surface area contributed by atoms with E-state index in [2.05, 4.69) is 15.5 Å². The van der Waals surface area contributed by atoms with Gasteiger partial charge in [0.25, 0.3) is 0 Å². The van der Waals surface area contributed by atoms with E-state index < -0.39 is 0 Å². The number of carbonyl (C=O) groups is 2. The van der Waals surface area contributed by atoms with E-state index in [0.717, 1.165) is 13.1 Å². The van der Waals surface area contributed by atoms with Crippen LogP contribution in [0.15, 0.2) is 24.3 Å². The monoisotopic (exact) mass is 306 g/mol. The van der Waals surface area contributed by atoms with Gasteiger partial charge in [0.1, 0.15) is 0 Å². The molecule has 7 heteroatoms. The van der Waals surface area contributed by atoms with Crippen molar-refractivity contribution in [3.63, 3.8) is 0 Å². The van der Waals surface area contributed by atoms with Crippen LogP contribution in [0.5, 0.6) is 0 Å². The second kappa shape index (κ2) is 7.77. The van der Waals surface area contributed by atoms with Gasteiger partial charge in [0.2, 0.25) is 5.91 Å². The molecule has 2 rings (SSSR count). The summed E-state index contributed by atoms with van der Waals surface area (Å²) in [5, 5.41) is 14.4. The minimum absolute atomic E-state index is 0.141. The third kappa shape index (κ3) is 4.71. The van der Waals surface area contributed by atoms with Crippen LogP contribution in [-0.4, -0.2) is 66.2 Å². The van der Waals surface area contributed by atoms with Crippen LogP contribution in [0.2, 0.25) is 0 Å². The number of piperazine rings is 1. The molecule has 1 saturated heterocycles. The van der Waals surface area contributed by atoms with Gasteiger partial charge >= 0.3 is 6.03 Å². The Morgan fingerprint density at radius 2 is 1.77 bits per heavy atom. The molecule has 0 aliphatic carbocycles. The first kappa shape index (κ1) is 16.3. The largest absolute Gasteiger partial charge is 0.395 e. The lowest BCUT2D eigenvalue weighted by Gasteiger charge is -2.34. The number of carbonyl (C=O) groups excluding carboxylic acids is 2. The average molecular weight is 306 g/mol. The van der Waals surface area contributed by atoms with Gasteiger partial charge in [-0.05, 0) is 18.2 Å². The zero-order chi connectivity index (χ0) is 15.9. The van der Waals surface area contributed by atoms with Gasteiger partial charge in [-0.1, -0.05) is 6.07 Å². The number of β-amino-alcohol motifs (C(OH)–C–C–N with tert-alkyl or cyclic N) is 1. The fraction of sp³-hybridized carbons (Fsp3) is 0.467. The molecule has 0 atom stereocenters. The lowest BCUT2D eigenvalue weighted by molar-refractivity contribution is -0.114. The second-order valence-electron chi connectivity index (χ2n) is 5.24. The molecule has 1 aromatic rings. The van der Waals surface area contributed by atoms with E-state index in [4.69, 9.17) is 5.11 Å². The predicted molar refractivity (Wildman–Crippen MR) is 84.9 cm³/mol. The van der Waals surface area contributed by atoms with E-state index >= 15 is 0 Å².